The number of carbonyl (C=O) groups is 2. The van der Waals surface area contributed by atoms with E-state index in [9.17, 15) is 9.59 Å². The summed E-state index contributed by atoms with van der Waals surface area (Å²) in [4.78, 5) is 30.8. The van der Waals surface area contributed by atoms with Crippen LogP contribution in [0.5, 0.6) is 0 Å². The zero-order valence-corrected chi connectivity index (χ0v) is 24.2. The van der Waals surface area contributed by atoms with E-state index >= 15 is 0 Å². The number of benzene rings is 2. The molecule has 2 amide bonds. The smallest absolute Gasteiger partial charge is 0.289 e. The van der Waals surface area contributed by atoms with Gasteiger partial charge in [0.05, 0.1) is 6.04 Å². The lowest BCUT2D eigenvalue weighted by Gasteiger charge is -2.44. The summed E-state index contributed by atoms with van der Waals surface area (Å²) in [6.07, 6.45) is 13.7. The number of hydrogen-bond acceptors (Lipinski definition) is 4. The highest BCUT2D eigenvalue weighted by Gasteiger charge is 2.41. The normalized spacial score (nSPS) is 22.7. The van der Waals surface area contributed by atoms with E-state index in [2.05, 4.69) is 48.5 Å². The SMILES string of the molecule is Cc1ccc(CN2C(=O)/C(=C\c3ccc(C(=O)NCCCN(C)C4CCCCC4)cc3)OC3CCCCC32)cc1. The van der Waals surface area contributed by atoms with Crippen LogP contribution in [0.4, 0.5) is 0 Å². The Kier molecular flexibility index (Phi) is 9.58. The second-order valence-corrected chi connectivity index (χ2v) is 11.9. The van der Waals surface area contributed by atoms with Crippen LogP contribution >= 0.6 is 0 Å². The number of aryl methyl sites for hydroxylation is 1. The fourth-order valence-electron chi connectivity index (χ4n) is 6.47. The van der Waals surface area contributed by atoms with Gasteiger partial charge in [-0.1, -0.05) is 67.6 Å². The molecule has 0 spiro atoms. The van der Waals surface area contributed by atoms with Crippen molar-refractivity contribution in [1.82, 2.24) is 15.1 Å². The number of carbonyl (C=O) groups excluding carboxylic acids is 2. The molecule has 1 aliphatic heterocycles. The molecule has 2 saturated carbocycles. The van der Waals surface area contributed by atoms with Crippen molar-refractivity contribution in [3.8, 4) is 0 Å². The molecule has 3 aliphatic rings. The van der Waals surface area contributed by atoms with Gasteiger partial charge in [0.1, 0.15) is 6.10 Å². The van der Waals surface area contributed by atoms with E-state index in [1.165, 1.54) is 37.7 Å². The fraction of sp³-hybridized carbons (Fsp3) is 0.529. The molecule has 214 valence electrons. The Balaban J connectivity index is 1.18. The Morgan fingerprint density at radius 2 is 1.68 bits per heavy atom. The summed E-state index contributed by atoms with van der Waals surface area (Å²) in [5, 5.41) is 3.06. The standard InChI is InChI=1S/C34H45N3O3/c1-25-13-15-27(16-14-25)24-37-30-11-6-7-12-31(30)40-32(34(37)39)23-26-17-19-28(20-18-26)33(38)35-21-8-22-36(2)29-9-4-3-5-10-29/h13-20,23,29-31H,3-12,21-22,24H2,1-2H3,(H,35,38)/b32-23+. The topological polar surface area (TPSA) is 61.9 Å². The number of ether oxygens (including phenoxy) is 1. The maximum atomic E-state index is 13.6. The molecule has 2 aliphatic carbocycles. The van der Waals surface area contributed by atoms with E-state index in [0.29, 0.717) is 30.5 Å². The highest BCUT2D eigenvalue weighted by Crippen LogP contribution is 2.34. The predicted octanol–water partition coefficient (Wildman–Crippen LogP) is 6.09. The third kappa shape index (κ3) is 7.14. The summed E-state index contributed by atoms with van der Waals surface area (Å²) in [6, 6.07) is 16.7. The summed E-state index contributed by atoms with van der Waals surface area (Å²) < 4.78 is 6.29. The Morgan fingerprint density at radius 3 is 2.42 bits per heavy atom. The van der Waals surface area contributed by atoms with Crippen molar-refractivity contribution in [3.05, 3.63) is 76.5 Å². The molecule has 2 unspecified atom stereocenters. The van der Waals surface area contributed by atoms with Gasteiger partial charge in [-0.15, -0.1) is 0 Å². The van der Waals surface area contributed by atoms with Crippen LogP contribution in [0.3, 0.4) is 0 Å². The lowest BCUT2D eigenvalue weighted by Crippen LogP contribution is -2.54. The van der Waals surface area contributed by atoms with Crippen LogP contribution in [0.1, 0.15) is 91.3 Å². The van der Waals surface area contributed by atoms with Gasteiger partial charge < -0.3 is 19.9 Å². The van der Waals surface area contributed by atoms with Crippen molar-refractivity contribution in [2.24, 2.45) is 0 Å². The fourth-order valence-corrected chi connectivity index (χ4v) is 6.47. The van der Waals surface area contributed by atoms with Gasteiger partial charge in [-0.2, -0.15) is 0 Å². The second kappa shape index (κ2) is 13.5. The van der Waals surface area contributed by atoms with Gasteiger partial charge >= 0.3 is 0 Å². The lowest BCUT2D eigenvalue weighted by atomic mass is 9.89. The van der Waals surface area contributed by atoms with Crippen molar-refractivity contribution in [3.63, 3.8) is 0 Å². The van der Waals surface area contributed by atoms with Crippen molar-refractivity contribution in [2.45, 2.75) is 95.9 Å². The third-order valence-electron chi connectivity index (χ3n) is 8.93. The first-order valence-corrected chi connectivity index (χ1v) is 15.3. The minimum Gasteiger partial charge on any atom is -0.482 e. The third-order valence-corrected chi connectivity index (χ3v) is 8.93. The van der Waals surface area contributed by atoms with Gasteiger partial charge in [0.2, 0.25) is 0 Å². The molecule has 1 heterocycles. The molecule has 1 N–H and O–H groups in total. The van der Waals surface area contributed by atoms with Gasteiger partial charge in [-0.05, 0) is 88.4 Å². The van der Waals surface area contributed by atoms with Gasteiger partial charge in [-0.3, -0.25) is 9.59 Å². The van der Waals surface area contributed by atoms with Gasteiger partial charge in [0, 0.05) is 24.7 Å². The highest BCUT2D eigenvalue weighted by molar-refractivity contribution is 5.97. The Bertz CT molecular complexity index is 1170. The van der Waals surface area contributed by atoms with Gasteiger partial charge in [0.15, 0.2) is 5.76 Å². The first kappa shape index (κ1) is 28.4. The number of nitrogens with one attached hydrogen (secondary N) is 1. The molecule has 6 heteroatoms. The van der Waals surface area contributed by atoms with Crippen LogP contribution < -0.4 is 5.32 Å². The summed E-state index contributed by atoms with van der Waals surface area (Å²) in [7, 11) is 2.21. The maximum absolute atomic E-state index is 13.6. The molecule has 6 nitrogen and oxygen atoms in total. The minimum absolute atomic E-state index is 0.0327. The number of morpholine rings is 1. The van der Waals surface area contributed by atoms with Crippen LogP contribution in [0.2, 0.25) is 0 Å². The molecule has 2 atom stereocenters. The van der Waals surface area contributed by atoms with Crippen molar-refractivity contribution in [2.75, 3.05) is 20.1 Å². The van der Waals surface area contributed by atoms with Crippen LogP contribution in [0.25, 0.3) is 6.08 Å². The molecular formula is C34H45N3O3. The molecule has 0 aromatic heterocycles. The molecular weight excluding hydrogens is 498 g/mol. The quantitative estimate of drug-likeness (QED) is 0.307. The molecule has 3 fully saturated rings. The summed E-state index contributed by atoms with van der Waals surface area (Å²) in [5.41, 5.74) is 3.85. The Labute approximate surface area is 239 Å². The summed E-state index contributed by atoms with van der Waals surface area (Å²) in [6.45, 7) is 4.35. The van der Waals surface area contributed by atoms with Gasteiger partial charge in [-0.25, -0.2) is 0 Å². The molecule has 0 radical (unpaired) electrons. The molecule has 40 heavy (non-hydrogen) atoms. The molecule has 5 rings (SSSR count). The minimum atomic E-state index is -0.0566. The van der Waals surface area contributed by atoms with E-state index in [4.69, 9.17) is 4.74 Å². The zero-order valence-electron chi connectivity index (χ0n) is 24.2. The van der Waals surface area contributed by atoms with Gasteiger partial charge in [0.25, 0.3) is 11.8 Å². The number of rotatable bonds is 9. The summed E-state index contributed by atoms with van der Waals surface area (Å²) in [5.74, 6) is 0.289. The maximum Gasteiger partial charge on any atom is 0.289 e. The Morgan fingerprint density at radius 1 is 0.975 bits per heavy atom. The largest absolute Gasteiger partial charge is 0.482 e. The molecule has 2 aromatic rings. The number of hydrogen-bond donors (Lipinski definition) is 1. The predicted molar refractivity (Wildman–Crippen MR) is 160 cm³/mol. The van der Waals surface area contributed by atoms with Crippen molar-refractivity contribution < 1.29 is 14.3 Å². The number of fused-ring (bicyclic) bond motifs is 1. The monoisotopic (exact) mass is 543 g/mol. The van der Waals surface area contributed by atoms with Crippen molar-refractivity contribution >= 4 is 17.9 Å². The van der Waals surface area contributed by atoms with Crippen LogP contribution in [-0.4, -0.2) is 59.9 Å². The molecule has 2 aromatic carbocycles. The number of amides is 2. The molecule has 1 saturated heterocycles. The zero-order chi connectivity index (χ0) is 27.9. The van der Waals surface area contributed by atoms with Crippen LogP contribution in [0.15, 0.2) is 54.3 Å². The van der Waals surface area contributed by atoms with E-state index < -0.39 is 0 Å². The first-order valence-electron chi connectivity index (χ1n) is 15.3. The van der Waals surface area contributed by atoms with Crippen LogP contribution in [0, 0.1) is 6.92 Å². The Hall–Kier alpha value is -3.12. The van der Waals surface area contributed by atoms with E-state index in [1.807, 2.05) is 35.2 Å². The van der Waals surface area contributed by atoms with Crippen molar-refractivity contribution in [1.29, 1.82) is 0 Å². The van der Waals surface area contributed by atoms with E-state index in [1.54, 1.807) is 0 Å². The molecule has 0 bridgehead atoms. The van der Waals surface area contributed by atoms with E-state index in [-0.39, 0.29) is 24.0 Å². The lowest BCUT2D eigenvalue weighted by molar-refractivity contribution is -0.149. The van der Waals surface area contributed by atoms with Crippen LogP contribution in [-0.2, 0) is 16.1 Å². The average Bonchev–Trinajstić information content (AvgIpc) is 2.99. The first-order chi connectivity index (χ1) is 19.5. The average molecular weight is 544 g/mol. The highest BCUT2D eigenvalue weighted by atomic mass is 16.5. The second-order valence-electron chi connectivity index (χ2n) is 11.9. The summed E-state index contributed by atoms with van der Waals surface area (Å²) >= 11 is 0. The number of nitrogens with zero attached hydrogens (tertiary/aromatic N) is 2. The van der Waals surface area contributed by atoms with E-state index in [0.717, 1.165) is 49.8 Å².